The maximum absolute atomic E-state index is 4.69. The van der Waals surface area contributed by atoms with E-state index in [4.69, 9.17) is 0 Å². The molecule has 9 heteroatoms. The molecule has 0 bridgehead atoms. The number of thioether (sulfide) groups is 1. The molecule has 4 aromatic rings. The molecular weight excluding hydrogens is 372 g/mol. The van der Waals surface area contributed by atoms with E-state index in [-0.39, 0.29) is 0 Å². The highest BCUT2D eigenvalue weighted by Gasteiger charge is 2.13. The molecule has 4 rings (SSSR count). The minimum atomic E-state index is 0.697. The second-order valence-corrected chi connectivity index (χ2v) is 8.97. The summed E-state index contributed by atoms with van der Waals surface area (Å²) in [5.41, 5.74) is 1.37. The second kappa shape index (κ2) is 7.59. The molecule has 0 radical (unpaired) electrons. The van der Waals surface area contributed by atoms with Gasteiger partial charge < -0.3 is 0 Å². The Morgan fingerprint density at radius 3 is 2.68 bits per heavy atom. The van der Waals surface area contributed by atoms with Crippen LogP contribution in [-0.4, -0.2) is 30.0 Å². The molecule has 0 amide bonds. The van der Waals surface area contributed by atoms with Crippen molar-refractivity contribution in [2.45, 2.75) is 36.3 Å². The monoisotopic (exact) mass is 388 g/mol. The van der Waals surface area contributed by atoms with Crippen molar-refractivity contribution in [2.75, 3.05) is 0 Å². The lowest BCUT2D eigenvalue weighted by Crippen LogP contribution is -1.96. The first-order chi connectivity index (χ1) is 12.3. The molecule has 0 saturated heterocycles. The summed E-state index contributed by atoms with van der Waals surface area (Å²) in [5.74, 6) is 1.56. The molecule has 0 atom stereocenters. The number of nitrogens with zero attached hydrogens (tertiary/aromatic N) is 6. The summed E-state index contributed by atoms with van der Waals surface area (Å²) in [7, 11) is 0. The fourth-order valence-electron chi connectivity index (χ4n) is 2.44. The number of aryl methyl sites for hydroxylation is 3. The van der Waals surface area contributed by atoms with E-state index in [0.717, 1.165) is 44.4 Å². The van der Waals surface area contributed by atoms with Crippen LogP contribution in [0.25, 0.3) is 4.96 Å². The van der Waals surface area contributed by atoms with Gasteiger partial charge in [0.05, 0.1) is 5.75 Å². The van der Waals surface area contributed by atoms with Gasteiger partial charge in [-0.15, -0.1) is 20.4 Å². The van der Waals surface area contributed by atoms with E-state index in [1.54, 1.807) is 34.4 Å². The molecular formula is C16H16N6S3. The first-order valence-corrected chi connectivity index (χ1v) is 10.6. The minimum absolute atomic E-state index is 0.697. The van der Waals surface area contributed by atoms with Crippen LogP contribution in [0.2, 0.25) is 0 Å². The third kappa shape index (κ3) is 4.05. The highest BCUT2D eigenvalue weighted by Crippen LogP contribution is 2.26. The zero-order chi connectivity index (χ0) is 17.1. The third-order valence-electron chi connectivity index (χ3n) is 3.63. The van der Waals surface area contributed by atoms with Crippen LogP contribution in [0.1, 0.15) is 27.8 Å². The van der Waals surface area contributed by atoms with Crippen molar-refractivity contribution in [3.63, 3.8) is 0 Å². The van der Waals surface area contributed by atoms with Gasteiger partial charge in [0, 0.05) is 6.42 Å². The van der Waals surface area contributed by atoms with Crippen LogP contribution in [0.4, 0.5) is 0 Å². The van der Waals surface area contributed by atoms with Crippen molar-refractivity contribution in [1.29, 1.82) is 0 Å². The number of fused-ring (bicyclic) bond motifs is 1. The number of aromatic nitrogens is 6. The Hall–Kier alpha value is -1.84. The molecule has 0 fully saturated rings. The SMILES string of the molecule is Cc1nnc(SCc2nnc3sc(CCCc4ccccc4)nn23)s1. The van der Waals surface area contributed by atoms with Gasteiger partial charge in [0.25, 0.3) is 0 Å². The summed E-state index contributed by atoms with van der Waals surface area (Å²) in [6.07, 6.45) is 3.12. The third-order valence-corrected chi connectivity index (χ3v) is 6.56. The van der Waals surface area contributed by atoms with Crippen molar-refractivity contribution in [3.8, 4) is 0 Å². The van der Waals surface area contributed by atoms with Crippen molar-refractivity contribution in [2.24, 2.45) is 0 Å². The lowest BCUT2D eigenvalue weighted by atomic mass is 10.1. The van der Waals surface area contributed by atoms with E-state index in [1.165, 1.54) is 5.56 Å². The molecule has 128 valence electrons. The molecule has 3 aromatic heterocycles. The Morgan fingerprint density at radius 1 is 1.00 bits per heavy atom. The van der Waals surface area contributed by atoms with E-state index < -0.39 is 0 Å². The molecule has 0 aliphatic rings. The van der Waals surface area contributed by atoms with E-state index >= 15 is 0 Å². The normalized spacial score (nSPS) is 11.4. The van der Waals surface area contributed by atoms with Gasteiger partial charge >= 0.3 is 0 Å². The largest absolute Gasteiger partial charge is 0.234 e. The first-order valence-electron chi connectivity index (χ1n) is 7.95. The van der Waals surface area contributed by atoms with Crippen LogP contribution in [0, 0.1) is 6.92 Å². The van der Waals surface area contributed by atoms with Gasteiger partial charge in [-0.05, 0) is 25.3 Å². The van der Waals surface area contributed by atoms with Crippen molar-refractivity contribution in [1.82, 2.24) is 30.0 Å². The molecule has 1 aromatic carbocycles. The molecule has 0 N–H and O–H groups in total. The fourth-order valence-corrected chi connectivity index (χ4v) is 5.05. The van der Waals surface area contributed by atoms with E-state index in [9.17, 15) is 0 Å². The van der Waals surface area contributed by atoms with E-state index in [0.29, 0.717) is 5.75 Å². The minimum Gasteiger partial charge on any atom is -0.186 e. The number of benzene rings is 1. The van der Waals surface area contributed by atoms with Gasteiger partial charge in [0.15, 0.2) is 10.2 Å². The van der Waals surface area contributed by atoms with Crippen LogP contribution >= 0.6 is 34.4 Å². The Morgan fingerprint density at radius 2 is 1.88 bits per heavy atom. The maximum atomic E-state index is 4.69. The molecule has 0 saturated carbocycles. The highest BCUT2D eigenvalue weighted by atomic mass is 32.2. The summed E-state index contributed by atoms with van der Waals surface area (Å²) in [6.45, 7) is 1.96. The number of hydrogen-bond donors (Lipinski definition) is 0. The van der Waals surface area contributed by atoms with Gasteiger partial charge in [0.2, 0.25) is 4.96 Å². The molecule has 0 aliphatic carbocycles. The van der Waals surface area contributed by atoms with Gasteiger partial charge in [-0.25, -0.2) is 0 Å². The number of hydrogen-bond acceptors (Lipinski definition) is 8. The fraction of sp³-hybridized carbons (Fsp3) is 0.312. The smallest absolute Gasteiger partial charge is 0.186 e. The summed E-state index contributed by atoms with van der Waals surface area (Å²) >= 11 is 4.84. The van der Waals surface area contributed by atoms with Gasteiger partial charge in [-0.3, -0.25) is 0 Å². The topological polar surface area (TPSA) is 68.9 Å². The average Bonchev–Trinajstić information content (AvgIpc) is 3.30. The second-order valence-electron chi connectivity index (χ2n) is 5.52. The standard InChI is InChI=1S/C16H16N6S3/c1-11-17-20-16(24-11)23-10-13-18-19-15-22(13)21-14(25-15)9-5-8-12-6-3-2-4-7-12/h2-4,6-7H,5,8-10H2,1H3. The number of rotatable bonds is 7. The summed E-state index contributed by atoms with van der Waals surface area (Å²) in [4.78, 5) is 0.860. The molecule has 0 spiro atoms. The van der Waals surface area contributed by atoms with Crippen LogP contribution in [-0.2, 0) is 18.6 Å². The Balaban J connectivity index is 1.38. The van der Waals surface area contributed by atoms with Crippen LogP contribution in [0.15, 0.2) is 34.7 Å². The summed E-state index contributed by atoms with van der Waals surface area (Å²) in [6, 6.07) is 10.6. The predicted octanol–water partition coefficient (Wildman–Crippen LogP) is 3.81. The highest BCUT2D eigenvalue weighted by molar-refractivity contribution is 8.00. The quantitative estimate of drug-likeness (QED) is 0.448. The van der Waals surface area contributed by atoms with E-state index in [2.05, 4.69) is 55.8 Å². The lowest BCUT2D eigenvalue weighted by molar-refractivity contribution is 0.777. The Kier molecular flexibility index (Phi) is 5.04. The van der Waals surface area contributed by atoms with Gasteiger partial charge in [-0.1, -0.05) is 64.8 Å². The average molecular weight is 389 g/mol. The molecule has 6 nitrogen and oxygen atoms in total. The summed E-state index contributed by atoms with van der Waals surface area (Å²) in [5, 5.41) is 23.4. The van der Waals surface area contributed by atoms with Crippen molar-refractivity contribution in [3.05, 3.63) is 51.7 Å². The van der Waals surface area contributed by atoms with E-state index in [1.807, 2.05) is 11.4 Å². The molecule has 25 heavy (non-hydrogen) atoms. The Bertz CT molecular complexity index is 959. The zero-order valence-electron chi connectivity index (χ0n) is 13.6. The predicted molar refractivity (Wildman–Crippen MR) is 101 cm³/mol. The zero-order valence-corrected chi connectivity index (χ0v) is 16.1. The summed E-state index contributed by atoms with van der Waals surface area (Å²) < 4.78 is 2.82. The maximum Gasteiger partial charge on any atom is 0.234 e. The van der Waals surface area contributed by atoms with Crippen LogP contribution < -0.4 is 0 Å². The molecule has 3 heterocycles. The van der Waals surface area contributed by atoms with Crippen molar-refractivity contribution >= 4 is 39.4 Å². The Labute approximate surface area is 157 Å². The van der Waals surface area contributed by atoms with Gasteiger partial charge in [-0.2, -0.15) is 9.61 Å². The molecule has 0 unspecified atom stereocenters. The van der Waals surface area contributed by atoms with Gasteiger partial charge in [0.1, 0.15) is 10.0 Å². The van der Waals surface area contributed by atoms with Crippen LogP contribution in [0.3, 0.4) is 0 Å². The van der Waals surface area contributed by atoms with Crippen LogP contribution in [0.5, 0.6) is 0 Å². The lowest BCUT2D eigenvalue weighted by Gasteiger charge is -1.99. The molecule has 0 aliphatic heterocycles. The van der Waals surface area contributed by atoms with Crippen molar-refractivity contribution < 1.29 is 0 Å². The first kappa shape index (κ1) is 16.6.